The second kappa shape index (κ2) is 5.08. The first-order valence-electron chi connectivity index (χ1n) is 5.03. The van der Waals surface area contributed by atoms with Crippen LogP contribution in [0.4, 0.5) is 0 Å². The predicted molar refractivity (Wildman–Crippen MR) is 69.7 cm³/mol. The van der Waals surface area contributed by atoms with Crippen LogP contribution >= 0.6 is 11.3 Å². The molecule has 2 rings (SSSR count). The summed E-state index contributed by atoms with van der Waals surface area (Å²) in [6, 6.07) is 4.39. The van der Waals surface area contributed by atoms with E-state index in [1.165, 1.54) is 21.3 Å². The quantitative estimate of drug-likeness (QED) is 0.642. The molecule has 0 amide bonds. The average molecular weight is 219 g/mol. The Balaban J connectivity index is 0.000000531. The molecule has 0 aliphatic heterocycles. The van der Waals surface area contributed by atoms with Gasteiger partial charge < -0.3 is 0 Å². The molecule has 0 saturated carbocycles. The fourth-order valence-electron chi connectivity index (χ4n) is 1.57. The third kappa shape index (κ3) is 2.26. The standard InChI is InChI=1S/C11H13NS.C2H4/c1-7(2)9-5-4-8(3)11-10(9)12-6-13-11;1-2/h4-7H,1-3H3;1-2H2. The lowest BCUT2D eigenvalue weighted by molar-refractivity contribution is 0.873. The van der Waals surface area contributed by atoms with Crippen LogP contribution in [0.25, 0.3) is 10.2 Å². The molecule has 80 valence electrons. The minimum atomic E-state index is 0.560. The van der Waals surface area contributed by atoms with Crippen LogP contribution < -0.4 is 0 Å². The van der Waals surface area contributed by atoms with Crippen molar-refractivity contribution in [2.45, 2.75) is 26.7 Å². The first kappa shape index (κ1) is 11.9. The molecular formula is C13H17NS. The Kier molecular flexibility index (Phi) is 4.04. The van der Waals surface area contributed by atoms with Crippen LogP contribution in [0.1, 0.15) is 30.9 Å². The van der Waals surface area contributed by atoms with E-state index >= 15 is 0 Å². The highest BCUT2D eigenvalue weighted by molar-refractivity contribution is 7.17. The van der Waals surface area contributed by atoms with Crippen molar-refractivity contribution >= 4 is 21.6 Å². The third-order valence-corrected chi connectivity index (χ3v) is 3.30. The Morgan fingerprint density at radius 1 is 1.27 bits per heavy atom. The Morgan fingerprint density at radius 2 is 1.93 bits per heavy atom. The molecule has 0 fully saturated rings. The van der Waals surface area contributed by atoms with E-state index in [-0.39, 0.29) is 0 Å². The zero-order valence-electron chi connectivity index (χ0n) is 9.58. The summed E-state index contributed by atoms with van der Waals surface area (Å²) in [4.78, 5) is 4.42. The Morgan fingerprint density at radius 3 is 2.53 bits per heavy atom. The topological polar surface area (TPSA) is 12.9 Å². The van der Waals surface area contributed by atoms with Crippen LogP contribution in [0.2, 0.25) is 0 Å². The van der Waals surface area contributed by atoms with Gasteiger partial charge in [-0.25, -0.2) is 4.98 Å². The van der Waals surface area contributed by atoms with Gasteiger partial charge in [-0.2, -0.15) is 0 Å². The van der Waals surface area contributed by atoms with Gasteiger partial charge in [-0.05, 0) is 24.0 Å². The van der Waals surface area contributed by atoms with Crippen LogP contribution in [0.15, 0.2) is 30.8 Å². The van der Waals surface area contributed by atoms with Gasteiger partial charge in [0.05, 0.1) is 15.7 Å². The van der Waals surface area contributed by atoms with Gasteiger partial charge in [-0.15, -0.1) is 24.5 Å². The van der Waals surface area contributed by atoms with E-state index < -0.39 is 0 Å². The number of rotatable bonds is 1. The lowest BCUT2D eigenvalue weighted by atomic mass is 10.0. The highest BCUT2D eigenvalue weighted by Crippen LogP contribution is 2.29. The molecule has 1 aromatic heterocycles. The Hall–Kier alpha value is -1.15. The molecule has 1 aromatic carbocycles. The molecule has 0 N–H and O–H groups in total. The lowest BCUT2D eigenvalue weighted by Crippen LogP contribution is -1.89. The van der Waals surface area contributed by atoms with E-state index in [2.05, 4.69) is 51.0 Å². The monoisotopic (exact) mass is 219 g/mol. The molecule has 2 heteroatoms. The maximum atomic E-state index is 4.42. The second-order valence-corrected chi connectivity index (χ2v) is 4.51. The van der Waals surface area contributed by atoms with Crippen molar-refractivity contribution in [2.24, 2.45) is 0 Å². The van der Waals surface area contributed by atoms with Crippen LogP contribution in [0.3, 0.4) is 0 Å². The summed E-state index contributed by atoms with van der Waals surface area (Å²) in [6.45, 7) is 12.6. The molecule has 0 atom stereocenters. The molecule has 1 nitrogen and oxygen atoms in total. The molecule has 0 unspecified atom stereocenters. The van der Waals surface area contributed by atoms with Crippen LogP contribution in [-0.2, 0) is 0 Å². The number of nitrogens with zero attached hydrogens (tertiary/aromatic N) is 1. The van der Waals surface area contributed by atoms with Gasteiger partial charge in [0.25, 0.3) is 0 Å². The first-order valence-corrected chi connectivity index (χ1v) is 5.91. The van der Waals surface area contributed by atoms with Crippen LogP contribution in [0, 0.1) is 6.92 Å². The lowest BCUT2D eigenvalue weighted by Gasteiger charge is -2.06. The summed E-state index contributed by atoms with van der Waals surface area (Å²) < 4.78 is 1.34. The van der Waals surface area contributed by atoms with Gasteiger partial charge in [0.15, 0.2) is 0 Å². The van der Waals surface area contributed by atoms with Crippen molar-refractivity contribution in [1.82, 2.24) is 4.98 Å². The maximum absolute atomic E-state index is 4.42. The van der Waals surface area contributed by atoms with Gasteiger partial charge in [-0.3, -0.25) is 0 Å². The molecular weight excluding hydrogens is 202 g/mol. The number of aryl methyl sites for hydroxylation is 1. The fourth-order valence-corrected chi connectivity index (χ4v) is 2.37. The molecule has 0 aliphatic carbocycles. The molecule has 0 spiro atoms. The zero-order valence-corrected chi connectivity index (χ0v) is 10.4. The van der Waals surface area contributed by atoms with E-state index in [0.29, 0.717) is 5.92 Å². The molecule has 0 saturated heterocycles. The van der Waals surface area contributed by atoms with Crippen molar-refractivity contribution in [1.29, 1.82) is 0 Å². The third-order valence-electron chi connectivity index (χ3n) is 2.33. The molecule has 0 bridgehead atoms. The number of hydrogen-bond donors (Lipinski definition) is 0. The summed E-state index contributed by atoms with van der Waals surface area (Å²) in [5.74, 6) is 0.560. The largest absolute Gasteiger partial charge is 0.244 e. The van der Waals surface area contributed by atoms with Crippen molar-refractivity contribution in [2.75, 3.05) is 0 Å². The van der Waals surface area contributed by atoms with Gasteiger partial charge in [-0.1, -0.05) is 26.0 Å². The number of fused-ring (bicyclic) bond motifs is 1. The van der Waals surface area contributed by atoms with Gasteiger partial charge in [0.1, 0.15) is 0 Å². The van der Waals surface area contributed by atoms with E-state index in [4.69, 9.17) is 0 Å². The second-order valence-electron chi connectivity index (χ2n) is 3.66. The molecule has 0 aliphatic rings. The summed E-state index contributed by atoms with van der Waals surface area (Å²) in [6.07, 6.45) is 0. The highest BCUT2D eigenvalue weighted by Gasteiger charge is 2.08. The summed E-state index contributed by atoms with van der Waals surface area (Å²) >= 11 is 1.73. The van der Waals surface area contributed by atoms with Crippen LogP contribution in [0.5, 0.6) is 0 Å². The van der Waals surface area contributed by atoms with Gasteiger partial charge in [0.2, 0.25) is 0 Å². The molecule has 2 aromatic rings. The summed E-state index contributed by atoms with van der Waals surface area (Å²) in [5, 5.41) is 0. The van der Waals surface area contributed by atoms with Gasteiger partial charge >= 0.3 is 0 Å². The number of thiazole rings is 1. The van der Waals surface area contributed by atoms with E-state index in [0.717, 1.165) is 0 Å². The predicted octanol–water partition coefficient (Wildman–Crippen LogP) is 4.53. The Labute approximate surface area is 95.5 Å². The first-order chi connectivity index (χ1) is 7.20. The summed E-state index contributed by atoms with van der Waals surface area (Å²) in [7, 11) is 0. The van der Waals surface area contributed by atoms with Crippen molar-refractivity contribution in [3.8, 4) is 0 Å². The maximum Gasteiger partial charge on any atom is 0.0849 e. The van der Waals surface area contributed by atoms with Crippen molar-refractivity contribution in [3.63, 3.8) is 0 Å². The van der Waals surface area contributed by atoms with Gasteiger partial charge in [0, 0.05) is 0 Å². The zero-order chi connectivity index (χ0) is 11.4. The summed E-state index contributed by atoms with van der Waals surface area (Å²) in [5.41, 5.74) is 5.83. The van der Waals surface area contributed by atoms with Crippen molar-refractivity contribution < 1.29 is 0 Å². The van der Waals surface area contributed by atoms with E-state index in [9.17, 15) is 0 Å². The SMILES string of the molecule is C=C.Cc1ccc(C(C)C)c2ncsc12. The number of benzene rings is 1. The molecule has 1 heterocycles. The smallest absolute Gasteiger partial charge is 0.0849 e. The normalized spacial score (nSPS) is 10.1. The number of hydrogen-bond acceptors (Lipinski definition) is 2. The Bertz CT molecular complexity index is 443. The fraction of sp³-hybridized carbons (Fsp3) is 0.308. The molecule has 15 heavy (non-hydrogen) atoms. The molecule has 0 radical (unpaired) electrons. The average Bonchev–Trinajstić information content (AvgIpc) is 2.70. The van der Waals surface area contributed by atoms with Crippen molar-refractivity contribution in [3.05, 3.63) is 41.9 Å². The number of aromatic nitrogens is 1. The van der Waals surface area contributed by atoms with E-state index in [1.54, 1.807) is 11.3 Å². The van der Waals surface area contributed by atoms with Crippen LogP contribution in [-0.4, -0.2) is 4.98 Å². The highest BCUT2D eigenvalue weighted by atomic mass is 32.1. The van der Waals surface area contributed by atoms with E-state index in [1.807, 2.05) is 5.51 Å². The minimum absolute atomic E-state index is 0.560. The minimum Gasteiger partial charge on any atom is -0.244 e.